The zero-order chi connectivity index (χ0) is 17.6. The fourth-order valence-electron chi connectivity index (χ4n) is 2.97. The molecule has 2 heterocycles. The van der Waals surface area contributed by atoms with Crippen molar-refractivity contribution in [1.82, 2.24) is 4.98 Å². The number of fused-ring (bicyclic) bond motifs is 1. The van der Waals surface area contributed by atoms with E-state index in [1.54, 1.807) is 31.0 Å². The van der Waals surface area contributed by atoms with Gasteiger partial charge in [0.2, 0.25) is 5.91 Å². The highest BCUT2D eigenvalue weighted by Gasteiger charge is 2.42. The number of anilines is 2. The first-order chi connectivity index (χ1) is 11.2. The fraction of sp³-hybridized carbons (Fsp3) is 0.278. The zero-order valence-corrected chi connectivity index (χ0v) is 14.0. The molecule has 1 aromatic carbocycles. The van der Waals surface area contributed by atoms with E-state index in [4.69, 9.17) is 0 Å². The molecule has 3 rings (SSSR count). The van der Waals surface area contributed by atoms with E-state index in [0.717, 1.165) is 17.4 Å². The molecule has 0 saturated carbocycles. The predicted octanol–water partition coefficient (Wildman–Crippen LogP) is 3.04. The molecule has 0 fully saturated rings. The van der Waals surface area contributed by atoms with Crippen LogP contribution in [0.25, 0.3) is 0 Å². The molecule has 24 heavy (non-hydrogen) atoms. The molecular formula is C18H18FN3O2. The average molecular weight is 327 g/mol. The Kier molecular flexibility index (Phi) is 3.63. The number of hydrogen-bond acceptors (Lipinski definition) is 3. The molecule has 0 radical (unpaired) electrons. The third-order valence-corrected chi connectivity index (χ3v) is 4.37. The molecule has 0 saturated heterocycles. The minimum absolute atomic E-state index is 0.00298. The molecule has 1 aliphatic rings. The van der Waals surface area contributed by atoms with Crippen molar-refractivity contribution in [1.29, 1.82) is 0 Å². The largest absolute Gasteiger partial charge is 0.322 e. The lowest BCUT2D eigenvalue weighted by atomic mass is 9.86. The minimum Gasteiger partial charge on any atom is -0.322 e. The van der Waals surface area contributed by atoms with Crippen molar-refractivity contribution in [3.8, 4) is 0 Å². The molecule has 0 spiro atoms. The fourth-order valence-corrected chi connectivity index (χ4v) is 2.97. The van der Waals surface area contributed by atoms with Crippen LogP contribution < -0.4 is 10.2 Å². The van der Waals surface area contributed by atoms with Gasteiger partial charge in [0.25, 0.3) is 5.91 Å². The second kappa shape index (κ2) is 5.40. The van der Waals surface area contributed by atoms with Crippen molar-refractivity contribution in [2.75, 3.05) is 17.3 Å². The number of nitrogens with one attached hydrogen (secondary N) is 1. The molecule has 0 bridgehead atoms. The predicted molar refractivity (Wildman–Crippen MR) is 89.8 cm³/mol. The maximum Gasteiger partial charge on any atom is 0.258 e. The van der Waals surface area contributed by atoms with Crippen molar-refractivity contribution in [2.24, 2.45) is 0 Å². The van der Waals surface area contributed by atoms with Crippen molar-refractivity contribution >= 4 is 23.2 Å². The number of rotatable bonds is 2. The number of amides is 2. The summed E-state index contributed by atoms with van der Waals surface area (Å²) in [6, 6.07) is 6.67. The zero-order valence-electron chi connectivity index (χ0n) is 14.0. The molecule has 1 aromatic heterocycles. The number of aromatic nitrogens is 1. The smallest absolute Gasteiger partial charge is 0.258 e. The van der Waals surface area contributed by atoms with Gasteiger partial charge in [-0.1, -0.05) is 6.07 Å². The highest BCUT2D eigenvalue weighted by atomic mass is 19.1. The van der Waals surface area contributed by atoms with Gasteiger partial charge in [-0.05, 0) is 44.5 Å². The Labute approximate surface area is 139 Å². The summed E-state index contributed by atoms with van der Waals surface area (Å²) < 4.78 is 13.8. The van der Waals surface area contributed by atoms with Crippen LogP contribution in [0.4, 0.5) is 15.8 Å². The number of carbonyl (C=O) groups is 2. The van der Waals surface area contributed by atoms with Crippen LogP contribution in [0.1, 0.15) is 35.5 Å². The SMILES string of the molecule is Cc1cc(C(=O)Nc2ccc3c(c2)N(C)C(=O)C3(C)C)c(F)cn1. The first-order valence-corrected chi connectivity index (χ1v) is 7.58. The van der Waals surface area contributed by atoms with Gasteiger partial charge < -0.3 is 10.2 Å². The van der Waals surface area contributed by atoms with E-state index in [1.165, 1.54) is 6.07 Å². The molecule has 124 valence electrons. The summed E-state index contributed by atoms with van der Waals surface area (Å²) in [5.74, 6) is -1.23. The molecule has 1 aliphatic heterocycles. The van der Waals surface area contributed by atoms with E-state index >= 15 is 0 Å². The minimum atomic E-state index is -0.673. The molecule has 0 aliphatic carbocycles. The quantitative estimate of drug-likeness (QED) is 0.922. The maximum atomic E-state index is 13.8. The lowest BCUT2D eigenvalue weighted by Crippen LogP contribution is -2.33. The van der Waals surface area contributed by atoms with Gasteiger partial charge in [-0.3, -0.25) is 14.6 Å². The summed E-state index contributed by atoms with van der Waals surface area (Å²) in [5.41, 5.74) is 2.05. The van der Waals surface area contributed by atoms with E-state index in [2.05, 4.69) is 10.3 Å². The van der Waals surface area contributed by atoms with Crippen LogP contribution in [0.15, 0.2) is 30.5 Å². The Morgan fingerprint density at radius 1 is 1.29 bits per heavy atom. The van der Waals surface area contributed by atoms with E-state index < -0.39 is 17.1 Å². The van der Waals surface area contributed by atoms with Gasteiger partial charge in [0.05, 0.1) is 17.2 Å². The van der Waals surface area contributed by atoms with E-state index in [0.29, 0.717) is 11.4 Å². The van der Waals surface area contributed by atoms with E-state index in [-0.39, 0.29) is 11.5 Å². The summed E-state index contributed by atoms with van der Waals surface area (Å²) >= 11 is 0. The Morgan fingerprint density at radius 3 is 2.71 bits per heavy atom. The standard InChI is InChI=1S/C18H18FN3O2/c1-10-7-12(14(19)9-20-10)16(23)21-11-5-6-13-15(8-11)22(4)17(24)18(13,2)3/h5-9H,1-4H3,(H,21,23). The van der Waals surface area contributed by atoms with Crippen LogP contribution in [-0.2, 0) is 10.2 Å². The summed E-state index contributed by atoms with van der Waals surface area (Å²) in [6.07, 6.45) is 1.03. The highest BCUT2D eigenvalue weighted by molar-refractivity contribution is 6.09. The monoisotopic (exact) mass is 327 g/mol. The van der Waals surface area contributed by atoms with Crippen molar-refractivity contribution < 1.29 is 14.0 Å². The number of pyridine rings is 1. The van der Waals surface area contributed by atoms with Crippen molar-refractivity contribution in [2.45, 2.75) is 26.2 Å². The van der Waals surface area contributed by atoms with Gasteiger partial charge in [0.1, 0.15) is 0 Å². The average Bonchev–Trinajstić information content (AvgIpc) is 2.70. The van der Waals surface area contributed by atoms with Crippen LogP contribution in [0.3, 0.4) is 0 Å². The van der Waals surface area contributed by atoms with Crippen LogP contribution >= 0.6 is 0 Å². The third-order valence-electron chi connectivity index (χ3n) is 4.37. The number of hydrogen-bond donors (Lipinski definition) is 1. The van der Waals surface area contributed by atoms with Gasteiger partial charge in [-0.2, -0.15) is 0 Å². The molecule has 6 heteroatoms. The Bertz CT molecular complexity index is 861. The number of nitrogens with zero attached hydrogens (tertiary/aromatic N) is 2. The normalized spacial score (nSPS) is 15.4. The van der Waals surface area contributed by atoms with Gasteiger partial charge in [-0.15, -0.1) is 0 Å². The first-order valence-electron chi connectivity index (χ1n) is 7.58. The molecule has 2 amide bonds. The topological polar surface area (TPSA) is 62.3 Å². The number of benzene rings is 1. The van der Waals surface area contributed by atoms with Crippen molar-refractivity contribution in [3.05, 3.63) is 53.1 Å². The summed E-state index contributed by atoms with van der Waals surface area (Å²) in [4.78, 5) is 30.0. The second-order valence-electron chi connectivity index (χ2n) is 6.48. The molecule has 2 aromatic rings. The van der Waals surface area contributed by atoms with Gasteiger partial charge in [-0.25, -0.2) is 4.39 Å². The molecule has 1 N–H and O–H groups in total. The number of likely N-dealkylation sites (N-methyl/N-ethyl adjacent to an activating group) is 1. The number of halogens is 1. The van der Waals surface area contributed by atoms with Gasteiger partial charge in [0, 0.05) is 24.1 Å². The van der Waals surface area contributed by atoms with Gasteiger partial charge in [0.15, 0.2) is 5.82 Å². The molecule has 5 nitrogen and oxygen atoms in total. The lowest BCUT2D eigenvalue weighted by molar-refractivity contribution is -0.121. The number of aryl methyl sites for hydroxylation is 1. The molecular weight excluding hydrogens is 309 g/mol. The third kappa shape index (κ3) is 2.44. The molecule has 0 unspecified atom stereocenters. The lowest BCUT2D eigenvalue weighted by Gasteiger charge is -2.16. The van der Waals surface area contributed by atoms with Gasteiger partial charge >= 0.3 is 0 Å². The summed E-state index contributed by atoms with van der Waals surface area (Å²) in [5, 5.41) is 2.67. The second-order valence-corrected chi connectivity index (χ2v) is 6.48. The number of carbonyl (C=O) groups excluding carboxylic acids is 2. The molecule has 0 atom stereocenters. The van der Waals surface area contributed by atoms with Crippen LogP contribution in [-0.4, -0.2) is 23.8 Å². The van der Waals surface area contributed by atoms with E-state index in [9.17, 15) is 14.0 Å². The Balaban J connectivity index is 1.92. The maximum absolute atomic E-state index is 13.8. The summed E-state index contributed by atoms with van der Waals surface area (Å²) in [6.45, 7) is 5.42. The van der Waals surface area contributed by atoms with Crippen molar-refractivity contribution in [3.63, 3.8) is 0 Å². The Hall–Kier alpha value is -2.76. The summed E-state index contributed by atoms with van der Waals surface area (Å²) in [7, 11) is 1.70. The van der Waals surface area contributed by atoms with E-state index in [1.807, 2.05) is 19.9 Å². The highest BCUT2D eigenvalue weighted by Crippen LogP contribution is 2.41. The van der Waals surface area contributed by atoms with Crippen LogP contribution in [0.5, 0.6) is 0 Å². The van der Waals surface area contributed by atoms with Crippen LogP contribution in [0.2, 0.25) is 0 Å². The van der Waals surface area contributed by atoms with Crippen LogP contribution in [0, 0.1) is 12.7 Å². The first kappa shape index (κ1) is 16.1. The Morgan fingerprint density at radius 2 is 2.00 bits per heavy atom.